The zero-order valence-corrected chi connectivity index (χ0v) is 15.1. The zero-order chi connectivity index (χ0) is 17.5. The number of benzene rings is 2. The molecule has 1 heterocycles. The maximum Gasteiger partial charge on any atom is 0.317 e. The van der Waals surface area contributed by atoms with Crippen LogP contribution in [0.1, 0.15) is 11.1 Å². The van der Waals surface area contributed by atoms with E-state index in [0.717, 1.165) is 44.2 Å². The van der Waals surface area contributed by atoms with Crippen LogP contribution in [0.15, 0.2) is 54.6 Å². The van der Waals surface area contributed by atoms with Crippen LogP contribution in [0.5, 0.6) is 0 Å². The van der Waals surface area contributed by atoms with Crippen LogP contribution in [0.25, 0.3) is 0 Å². The molecule has 1 saturated heterocycles. The summed E-state index contributed by atoms with van der Waals surface area (Å²) in [5.74, 6) is 0. The van der Waals surface area contributed by atoms with E-state index in [-0.39, 0.29) is 6.03 Å². The molecule has 0 bridgehead atoms. The lowest BCUT2D eigenvalue weighted by atomic mass is 10.1. The molecule has 0 spiro atoms. The minimum absolute atomic E-state index is 0.0436. The van der Waals surface area contributed by atoms with Gasteiger partial charge in [0.15, 0.2) is 0 Å². The Labute approximate surface area is 154 Å². The SMILES string of the molecule is O=C(NCCc1ccccc1)N1CCN(Cc2ccc(Cl)cc2)CC1. The fraction of sp³-hybridized carbons (Fsp3) is 0.350. The first kappa shape index (κ1) is 17.8. The largest absolute Gasteiger partial charge is 0.338 e. The average Bonchev–Trinajstić information content (AvgIpc) is 2.65. The molecule has 2 aromatic rings. The number of hydrogen-bond acceptors (Lipinski definition) is 2. The minimum Gasteiger partial charge on any atom is -0.338 e. The Balaban J connectivity index is 1.38. The van der Waals surface area contributed by atoms with E-state index in [1.807, 2.05) is 35.2 Å². The van der Waals surface area contributed by atoms with Gasteiger partial charge in [0.2, 0.25) is 0 Å². The van der Waals surface area contributed by atoms with Crippen molar-refractivity contribution < 1.29 is 4.79 Å². The van der Waals surface area contributed by atoms with Crippen LogP contribution >= 0.6 is 11.6 Å². The summed E-state index contributed by atoms with van der Waals surface area (Å²) in [6.45, 7) is 4.91. The second-order valence-corrected chi connectivity index (χ2v) is 6.79. The molecule has 1 N–H and O–H groups in total. The molecule has 1 aliphatic heterocycles. The van der Waals surface area contributed by atoms with Crippen molar-refractivity contribution in [3.05, 3.63) is 70.7 Å². The lowest BCUT2D eigenvalue weighted by Crippen LogP contribution is -2.51. The third kappa shape index (κ3) is 5.48. The number of nitrogens with one attached hydrogen (secondary N) is 1. The number of halogens is 1. The van der Waals surface area contributed by atoms with Crippen molar-refractivity contribution in [2.45, 2.75) is 13.0 Å². The smallest absolute Gasteiger partial charge is 0.317 e. The molecule has 25 heavy (non-hydrogen) atoms. The Morgan fingerprint density at radius 2 is 1.60 bits per heavy atom. The van der Waals surface area contributed by atoms with E-state index in [9.17, 15) is 4.79 Å². The summed E-state index contributed by atoms with van der Waals surface area (Å²) in [7, 11) is 0. The van der Waals surface area contributed by atoms with Gasteiger partial charge in [-0.05, 0) is 29.7 Å². The number of urea groups is 1. The van der Waals surface area contributed by atoms with E-state index in [1.165, 1.54) is 11.1 Å². The van der Waals surface area contributed by atoms with Gasteiger partial charge in [-0.15, -0.1) is 0 Å². The predicted molar refractivity (Wildman–Crippen MR) is 102 cm³/mol. The number of carbonyl (C=O) groups is 1. The monoisotopic (exact) mass is 357 g/mol. The molecule has 5 heteroatoms. The first-order valence-corrected chi connectivity index (χ1v) is 9.12. The first-order chi connectivity index (χ1) is 12.2. The van der Waals surface area contributed by atoms with Crippen molar-refractivity contribution in [3.63, 3.8) is 0 Å². The van der Waals surface area contributed by atoms with Crippen molar-refractivity contribution in [2.75, 3.05) is 32.7 Å². The van der Waals surface area contributed by atoms with Crippen LogP contribution in [0.3, 0.4) is 0 Å². The van der Waals surface area contributed by atoms with Gasteiger partial charge in [0, 0.05) is 44.3 Å². The number of nitrogens with zero attached hydrogens (tertiary/aromatic N) is 2. The Hall–Kier alpha value is -2.04. The molecule has 132 valence electrons. The quantitative estimate of drug-likeness (QED) is 0.890. The van der Waals surface area contributed by atoms with Gasteiger partial charge in [0.25, 0.3) is 0 Å². The summed E-state index contributed by atoms with van der Waals surface area (Å²) in [5, 5.41) is 3.79. The summed E-state index contributed by atoms with van der Waals surface area (Å²) >= 11 is 5.92. The molecule has 0 atom stereocenters. The summed E-state index contributed by atoms with van der Waals surface area (Å²) in [6.07, 6.45) is 0.864. The lowest BCUT2D eigenvalue weighted by Gasteiger charge is -2.34. The highest BCUT2D eigenvalue weighted by Gasteiger charge is 2.20. The lowest BCUT2D eigenvalue weighted by molar-refractivity contribution is 0.135. The van der Waals surface area contributed by atoms with Crippen LogP contribution < -0.4 is 5.32 Å². The summed E-state index contributed by atoms with van der Waals surface area (Å²) < 4.78 is 0. The fourth-order valence-corrected chi connectivity index (χ4v) is 3.15. The molecular formula is C20H24ClN3O. The normalized spacial score (nSPS) is 15.2. The topological polar surface area (TPSA) is 35.6 Å². The molecule has 4 nitrogen and oxygen atoms in total. The Bertz CT molecular complexity index is 667. The van der Waals surface area contributed by atoms with Crippen LogP contribution in [-0.2, 0) is 13.0 Å². The van der Waals surface area contributed by atoms with Crippen LogP contribution in [0.2, 0.25) is 5.02 Å². The molecule has 2 aromatic carbocycles. The molecule has 0 aromatic heterocycles. The van der Waals surface area contributed by atoms with Gasteiger partial charge in [0.05, 0.1) is 0 Å². The minimum atomic E-state index is 0.0436. The molecule has 0 radical (unpaired) electrons. The van der Waals surface area contributed by atoms with Gasteiger partial charge >= 0.3 is 6.03 Å². The van der Waals surface area contributed by atoms with Crippen molar-refractivity contribution >= 4 is 17.6 Å². The summed E-state index contributed by atoms with van der Waals surface area (Å²) in [6, 6.07) is 18.2. The molecular weight excluding hydrogens is 334 g/mol. The molecule has 1 fully saturated rings. The van der Waals surface area contributed by atoms with Crippen LogP contribution in [-0.4, -0.2) is 48.6 Å². The van der Waals surface area contributed by atoms with Gasteiger partial charge in [0.1, 0.15) is 0 Å². The third-order valence-electron chi connectivity index (χ3n) is 4.51. The van der Waals surface area contributed by atoms with E-state index in [0.29, 0.717) is 6.54 Å². The highest BCUT2D eigenvalue weighted by molar-refractivity contribution is 6.30. The Kier molecular flexibility index (Phi) is 6.31. The standard InChI is InChI=1S/C20H24ClN3O/c21-19-8-6-18(7-9-19)16-23-12-14-24(15-13-23)20(25)22-11-10-17-4-2-1-3-5-17/h1-9H,10-16H2,(H,22,25). The number of rotatable bonds is 5. The summed E-state index contributed by atoms with van der Waals surface area (Å²) in [4.78, 5) is 16.6. The van der Waals surface area contributed by atoms with Gasteiger partial charge in [-0.1, -0.05) is 54.1 Å². The Morgan fingerprint density at radius 3 is 2.28 bits per heavy atom. The Morgan fingerprint density at radius 1 is 0.920 bits per heavy atom. The highest BCUT2D eigenvalue weighted by atomic mass is 35.5. The second-order valence-electron chi connectivity index (χ2n) is 6.36. The van der Waals surface area contributed by atoms with E-state index < -0.39 is 0 Å². The van der Waals surface area contributed by atoms with Crippen LogP contribution in [0, 0.1) is 0 Å². The number of piperazine rings is 1. The van der Waals surface area contributed by atoms with E-state index in [1.54, 1.807) is 0 Å². The van der Waals surface area contributed by atoms with Crippen molar-refractivity contribution in [1.29, 1.82) is 0 Å². The molecule has 1 aliphatic rings. The van der Waals surface area contributed by atoms with E-state index in [2.05, 4.69) is 34.5 Å². The van der Waals surface area contributed by atoms with E-state index >= 15 is 0 Å². The number of hydrogen-bond donors (Lipinski definition) is 1. The molecule has 0 saturated carbocycles. The van der Waals surface area contributed by atoms with Crippen LogP contribution in [0.4, 0.5) is 4.79 Å². The van der Waals surface area contributed by atoms with Crippen molar-refractivity contribution in [1.82, 2.24) is 15.1 Å². The average molecular weight is 358 g/mol. The van der Waals surface area contributed by atoms with Gasteiger partial charge in [-0.25, -0.2) is 4.79 Å². The second kappa shape index (κ2) is 8.88. The number of amides is 2. The number of carbonyl (C=O) groups excluding carboxylic acids is 1. The molecule has 3 rings (SSSR count). The zero-order valence-electron chi connectivity index (χ0n) is 14.3. The van der Waals surface area contributed by atoms with Crippen molar-refractivity contribution in [2.24, 2.45) is 0 Å². The third-order valence-corrected chi connectivity index (χ3v) is 4.76. The fourth-order valence-electron chi connectivity index (χ4n) is 3.03. The molecule has 0 unspecified atom stereocenters. The van der Waals surface area contributed by atoms with Gasteiger partial charge < -0.3 is 10.2 Å². The van der Waals surface area contributed by atoms with Gasteiger partial charge in [-0.2, -0.15) is 0 Å². The molecule has 0 aliphatic carbocycles. The van der Waals surface area contributed by atoms with Crippen molar-refractivity contribution in [3.8, 4) is 0 Å². The maximum atomic E-state index is 12.3. The molecule has 2 amide bonds. The first-order valence-electron chi connectivity index (χ1n) is 8.74. The maximum absolute atomic E-state index is 12.3. The van der Waals surface area contributed by atoms with E-state index in [4.69, 9.17) is 11.6 Å². The summed E-state index contributed by atoms with van der Waals surface area (Å²) in [5.41, 5.74) is 2.50. The van der Waals surface area contributed by atoms with Gasteiger partial charge in [-0.3, -0.25) is 4.90 Å². The predicted octanol–water partition coefficient (Wildman–Crippen LogP) is 3.41. The highest BCUT2D eigenvalue weighted by Crippen LogP contribution is 2.13.